The Hall–Kier alpha value is -3.77. The molecule has 2 aromatic heterocycles. The molecule has 3 aliphatic heterocycles. The zero-order chi connectivity index (χ0) is 26.1. The number of hydrogen-bond acceptors (Lipinski definition) is 6. The summed E-state index contributed by atoms with van der Waals surface area (Å²) in [7, 11) is 1.67. The van der Waals surface area contributed by atoms with Gasteiger partial charge in [0.2, 0.25) is 0 Å². The highest BCUT2D eigenvalue weighted by Crippen LogP contribution is 2.44. The molecule has 3 saturated heterocycles. The molecule has 38 heavy (non-hydrogen) atoms. The normalized spacial score (nSPS) is 23.2. The smallest absolute Gasteiger partial charge is 0.338 e. The number of piperidine rings is 3. The molecule has 7 rings (SSSR count). The Morgan fingerprint density at radius 2 is 1.92 bits per heavy atom. The van der Waals surface area contributed by atoms with Gasteiger partial charge in [-0.15, -0.1) is 0 Å². The molecule has 4 aromatic rings. The number of aromatic nitrogens is 2. The van der Waals surface area contributed by atoms with Gasteiger partial charge in [0.25, 0.3) is 0 Å². The fraction of sp³-hybridized carbons (Fsp3) is 0.344. The van der Waals surface area contributed by atoms with Gasteiger partial charge < -0.3 is 9.47 Å². The Morgan fingerprint density at radius 1 is 1.05 bits per heavy atom. The fourth-order valence-corrected chi connectivity index (χ4v) is 6.32. The van der Waals surface area contributed by atoms with Crippen molar-refractivity contribution in [2.75, 3.05) is 20.2 Å². The van der Waals surface area contributed by atoms with E-state index in [-0.39, 0.29) is 12.0 Å². The van der Waals surface area contributed by atoms with Crippen LogP contribution in [0.3, 0.4) is 0 Å². The van der Waals surface area contributed by atoms with Crippen LogP contribution in [-0.2, 0) is 4.74 Å². The fourth-order valence-electron chi connectivity index (χ4n) is 6.32. The third kappa shape index (κ3) is 4.65. The zero-order valence-corrected chi connectivity index (χ0v) is 21.9. The van der Waals surface area contributed by atoms with E-state index < -0.39 is 6.10 Å². The predicted molar refractivity (Wildman–Crippen MR) is 148 cm³/mol. The first-order valence-electron chi connectivity index (χ1n) is 13.5. The van der Waals surface area contributed by atoms with Crippen molar-refractivity contribution in [2.24, 2.45) is 11.8 Å². The first-order chi connectivity index (χ1) is 18.6. The standard InChI is InChI=1S/C32H33N3O3/c1-3-21-20-35-17-14-24(21)18-30(35)31(26-13-16-34-29-12-11-25(37-2)19-27(26)29)38-32(36)23-9-7-22(8-10-23)28-6-4-5-15-33-28/h4-13,15-16,19,21,24,30-31H,3,14,17-18,20H2,1-2H3. The minimum absolute atomic E-state index is 0.130. The molecular formula is C32H33N3O3. The number of nitrogens with zero attached hydrogens (tertiary/aromatic N) is 3. The average molecular weight is 508 g/mol. The van der Waals surface area contributed by atoms with Crippen molar-refractivity contribution >= 4 is 16.9 Å². The van der Waals surface area contributed by atoms with Crippen molar-refractivity contribution in [3.8, 4) is 17.0 Å². The maximum absolute atomic E-state index is 13.6. The van der Waals surface area contributed by atoms with Gasteiger partial charge in [0.05, 0.1) is 29.9 Å². The van der Waals surface area contributed by atoms with Crippen molar-refractivity contribution in [3.63, 3.8) is 0 Å². The number of carbonyl (C=O) groups excluding carboxylic acids is 1. The van der Waals surface area contributed by atoms with Gasteiger partial charge in [-0.2, -0.15) is 0 Å². The Kier molecular flexibility index (Phi) is 6.81. The molecular weight excluding hydrogens is 474 g/mol. The van der Waals surface area contributed by atoms with Crippen molar-refractivity contribution in [1.82, 2.24) is 14.9 Å². The maximum Gasteiger partial charge on any atom is 0.338 e. The van der Waals surface area contributed by atoms with E-state index in [1.807, 2.05) is 72.9 Å². The van der Waals surface area contributed by atoms with Crippen LogP contribution in [0.5, 0.6) is 5.75 Å². The van der Waals surface area contributed by atoms with E-state index in [1.165, 1.54) is 12.8 Å². The summed E-state index contributed by atoms with van der Waals surface area (Å²) >= 11 is 0. The Balaban J connectivity index is 1.35. The molecule has 3 fully saturated rings. The van der Waals surface area contributed by atoms with Crippen molar-refractivity contribution in [1.29, 1.82) is 0 Å². The summed E-state index contributed by atoms with van der Waals surface area (Å²) in [4.78, 5) is 25.1. The number of fused-ring (bicyclic) bond motifs is 4. The number of methoxy groups -OCH3 is 1. The molecule has 0 N–H and O–H groups in total. The van der Waals surface area contributed by atoms with Crippen LogP contribution in [-0.4, -0.2) is 47.1 Å². The summed E-state index contributed by atoms with van der Waals surface area (Å²) < 4.78 is 12.0. The van der Waals surface area contributed by atoms with Gasteiger partial charge in [0.15, 0.2) is 0 Å². The van der Waals surface area contributed by atoms with Gasteiger partial charge in [0, 0.05) is 35.5 Å². The van der Waals surface area contributed by atoms with Crippen LogP contribution in [0.2, 0.25) is 0 Å². The highest BCUT2D eigenvalue weighted by molar-refractivity contribution is 5.91. The summed E-state index contributed by atoms with van der Waals surface area (Å²) in [5, 5.41) is 0.963. The van der Waals surface area contributed by atoms with Crippen LogP contribution in [0.25, 0.3) is 22.2 Å². The van der Waals surface area contributed by atoms with E-state index in [0.29, 0.717) is 17.4 Å². The molecule has 0 spiro atoms. The molecule has 0 amide bonds. The van der Waals surface area contributed by atoms with Gasteiger partial charge in [-0.3, -0.25) is 14.9 Å². The number of esters is 1. The summed E-state index contributed by atoms with van der Waals surface area (Å²) in [6.45, 7) is 4.40. The van der Waals surface area contributed by atoms with Gasteiger partial charge in [-0.25, -0.2) is 4.79 Å². The topological polar surface area (TPSA) is 64.5 Å². The van der Waals surface area contributed by atoms with Crippen molar-refractivity contribution < 1.29 is 14.3 Å². The highest BCUT2D eigenvalue weighted by Gasteiger charge is 2.44. The zero-order valence-electron chi connectivity index (χ0n) is 21.9. The molecule has 0 saturated carbocycles. The van der Waals surface area contributed by atoms with Gasteiger partial charge in [0.1, 0.15) is 11.9 Å². The number of ether oxygens (including phenoxy) is 2. The maximum atomic E-state index is 13.6. The van der Waals surface area contributed by atoms with Crippen molar-refractivity contribution in [2.45, 2.75) is 38.3 Å². The first-order valence-corrected chi connectivity index (χ1v) is 13.5. The second kappa shape index (κ2) is 10.5. The largest absolute Gasteiger partial charge is 0.497 e. The Labute approximate surface area is 223 Å². The molecule has 2 aromatic carbocycles. The van der Waals surface area contributed by atoms with Crippen LogP contribution in [0.4, 0.5) is 0 Å². The van der Waals surface area contributed by atoms with E-state index in [2.05, 4.69) is 21.8 Å². The second-order valence-electron chi connectivity index (χ2n) is 10.4. The third-order valence-corrected chi connectivity index (χ3v) is 8.41. The molecule has 5 atom stereocenters. The van der Waals surface area contributed by atoms with Crippen LogP contribution >= 0.6 is 0 Å². The lowest BCUT2D eigenvalue weighted by Crippen LogP contribution is -2.55. The Morgan fingerprint density at radius 3 is 2.63 bits per heavy atom. The molecule has 3 aliphatic rings. The minimum atomic E-state index is -0.406. The lowest BCUT2D eigenvalue weighted by molar-refractivity contribution is -0.0659. The lowest BCUT2D eigenvalue weighted by atomic mass is 9.72. The average Bonchev–Trinajstić information content (AvgIpc) is 3.00. The van der Waals surface area contributed by atoms with E-state index in [4.69, 9.17) is 9.47 Å². The Bertz CT molecular complexity index is 1420. The number of rotatable bonds is 7. The van der Waals surface area contributed by atoms with E-state index in [9.17, 15) is 4.79 Å². The van der Waals surface area contributed by atoms with Gasteiger partial charge in [-0.1, -0.05) is 31.5 Å². The number of hydrogen-bond donors (Lipinski definition) is 0. The molecule has 0 aliphatic carbocycles. The van der Waals surface area contributed by atoms with Crippen molar-refractivity contribution in [3.05, 3.63) is 90.3 Å². The quantitative estimate of drug-likeness (QED) is 0.273. The van der Waals surface area contributed by atoms with Gasteiger partial charge >= 0.3 is 5.97 Å². The monoisotopic (exact) mass is 507 g/mol. The second-order valence-corrected chi connectivity index (χ2v) is 10.4. The summed E-state index contributed by atoms with van der Waals surface area (Å²) in [5.41, 5.74) is 4.23. The molecule has 5 heterocycles. The van der Waals surface area contributed by atoms with Crippen LogP contribution in [0, 0.1) is 11.8 Å². The van der Waals surface area contributed by atoms with Gasteiger partial charge in [-0.05, 0) is 79.8 Å². The highest BCUT2D eigenvalue weighted by atomic mass is 16.5. The SMILES string of the molecule is CCC1CN2CCC1CC2C(OC(=O)c1ccc(-c2ccccn2)cc1)c1ccnc2ccc(OC)cc12. The molecule has 5 unspecified atom stereocenters. The first kappa shape index (κ1) is 24.6. The summed E-state index contributed by atoms with van der Waals surface area (Å²) in [6.07, 6.45) is 6.62. The van der Waals surface area contributed by atoms with E-state index in [0.717, 1.165) is 53.0 Å². The minimum Gasteiger partial charge on any atom is -0.497 e. The molecule has 0 radical (unpaired) electrons. The molecule has 6 nitrogen and oxygen atoms in total. The van der Waals surface area contributed by atoms with Crippen LogP contribution in [0.1, 0.15) is 48.2 Å². The number of benzene rings is 2. The lowest BCUT2D eigenvalue weighted by Gasteiger charge is -2.51. The van der Waals surface area contributed by atoms with Crippen LogP contribution in [0.15, 0.2) is 79.1 Å². The van der Waals surface area contributed by atoms with Crippen LogP contribution < -0.4 is 4.74 Å². The van der Waals surface area contributed by atoms with E-state index >= 15 is 0 Å². The molecule has 194 valence electrons. The third-order valence-electron chi connectivity index (χ3n) is 8.41. The summed E-state index contributed by atoms with van der Waals surface area (Å²) in [6, 6.07) is 21.4. The summed E-state index contributed by atoms with van der Waals surface area (Å²) in [5.74, 6) is 1.82. The molecule has 2 bridgehead atoms. The predicted octanol–water partition coefficient (Wildman–Crippen LogP) is 6.32. The number of carbonyl (C=O) groups is 1. The number of pyridine rings is 2. The van der Waals surface area contributed by atoms with E-state index in [1.54, 1.807) is 13.3 Å². The molecule has 6 heteroatoms.